The van der Waals surface area contributed by atoms with E-state index in [2.05, 4.69) is 5.16 Å². The molecule has 1 rings (SSSR count). The van der Waals surface area contributed by atoms with Gasteiger partial charge >= 0.3 is 5.97 Å². The zero-order valence-electron chi connectivity index (χ0n) is 9.60. The van der Waals surface area contributed by atoms with Crippen molar-refractivity contribution in [3.8, 4) is 0 Å². The van der Waals surface area contributed by atoms with Crippen LogP contribution in [-0.4, -0.2) is 28.7 Å². The predicted molar refractivity (Wildman–Crippen MR) is 58.3 cm³/mol. The maximum absolute atomic E-state index is 10.9. The van der Waals surface area contributed by atoms with Crippen LogP contribution in [0, 0.1) is 5.92 Å². The van der Waals surface area contributed by atoms with Crippen LogP contribution in [0.4, 0.5) is 0 Å². The number of nitrogens with zero attached hydrogens (tertiary/aromatic N) is 1. The number of carboxylic acid groups (broad SMARTS) is 1. The van der Waals surface area contributed by atoms with Crippen LogP contribution in [0.5, 0.6) is 0 Å². The van der Waals surface area contributed by atoms with Gasteiger partial charge in [-0.3, -0.25) is 4.79 Å². The molecule has 0 radical (unpaired) electrons. The highest BCUT2D eigenvalue weighted by molar-refractivity contribution is 6.63. The van der Waals surface area contributed by atoms with Crippen molar-refractivity contribution in [2.24, 2.45) is 11.1 Å². The molecular formula is C11H17NO4. The van der Waals surface area contributed by atoms with Gasteiger partial charge in [-0.15, -0.1) is 0 Å². The summed E-state index contributed by atoms with van der Waals surface area (Å²) in [4.78, 5) is 26.8. The fourth-order valence-corrected chi connectivity index (χ4v) is 1.81. The summed E-state index contributed by atoms with van der Waals surface area (Å²) in [6.07, 6.45) is 4.09. The first-order valence-electron chi connectivity index (χ1n) is 5.50. The van der Waals surface area contributed by atoms with Gasteiger partial charge in [0.2, 0.25) is 5.71 Å². The van der Waals surface area contributed by atoms with Gasteiger partial charge in [0.1, 0.15) is 6.10 Å². The molecule has 1 saturated carbocycles. The number of aliphatic carboxylic acids is 1. The Morgan fingerprint density at radius 2 is 1.94 bits per heavy atom. The van der Waals surface area contributed by atoms with Crippen molar-refractivity contribution in [1.82, 2.24) is 0 Å². The lowest BCUT2D eigenvalue weighted by Crippen LogP contribution is -2.27. The Kier molecular flexibility index (Phi) is 4.46. The Balaban J connectivity index is 2.61. The van der Waals surface area contributed by atoms with Crippen LogP contribution >= 0.6 is 0 Å². The number of carbonyl (C=O) groups is 2. The molecule has 0 spiro atoms. The summed E-state index contributed by atoms with van der Waals surface area (Å²) in [6, 6.07) is 0. The summed E-state index contributed by atoms with van der Waals surface area (Å²) in [7, 11) is 0. The molecule has 0 amide bonds. The van der Waals surface area contributed by atoms with Crippen LogP contribution in [0.1, 0.15) is 39.5 Å². The van der Waals surface area contributed by atoms with Crippen molar-refractivity contribution < 1.29 is 19.5 Å². The molecule has 0 bridgehead atoms. The van der Waals surface area contributed by atoms with Crippen LogP contribution in [0.25, 0.3) is 0 Å². The Bertz CT molecular complexity index is 295. The Morgan fingerprint density at radius 1 is 1.31 bits per heavy atom. The van der Waals surface area contributed by atoms with E-state index in [0.29, 0.717) is 5.92 Å². The number of carboxylic acids is 1. The zero-order chi connectivity index (χ0) is 12.1. The topological polar surface area (TPSA) is 76.0 Å². The number of hydrogen-bond acceptors (Lipinski definition) is 4. The van der Waals surface area contributed by atoms with Crippen LogP contribution in [0.15, 0.2) is 5.16 Å². The van der Waals surface area contributed by atoms with Gasteiger partial charge in [-0.25, -0.2) is 4.79 Å². The lowest BCUT2D eigenvalue weighted by atomic mass is 9.88. The van der Waals surface area contributed by atoms with E-state index in [4.69, 9.17) is 9.94 Å². The average molecular weight is 227 g/mol. The van der Waals surface area contributed by atoms with Crippen molar-refractivity contribution in [1.29, 1.82) is 0 Å². The van der Waals surface area contributed by atoms with E-state index in [1.54, 1.807) is 0 Å². The highest BCUT2D eigenvalue weighted by atomic mass is 16.6. The van der Waals surface area contributed by atoms with Gasteiger partial charge in [-0.1, -0.05) is 18.5 Å². The van der Waals surface area contributed by atoms with Gasteiger partial charge in [0, 0.05) is 6.92 Å². The summed E-state index contributed by atoms with van der Waals surface area (Å²) < 4.78 is 0. The van der Waals surface area contributed by atoms with Crippen LogP contribution in [0.2, 0.25) is 0 Å². The number of oxime groups is 1. The highest BCUT2D eigenvalue weighted by Crippen LogP contribution is 2.26. The molecule has 2 atom stereocenters. The number of rotatable bonds is 4. The van der Waals surface area contributed by atoms with Crippen molar-refractivity contribution in [2.45, 2.75) is 45.6 Å². The zero-order valence-corrected chi connectivity index (χ0v) is 9.60. The summed E-state index contributed by atoms with van der Waals surface area (Å²) in [6.45, 7) is 3.22. The number of carbonyl (C=O) groups excluding carboxylic acids is 1. The molecular weight excluding hydrogens is 210 g/mol. The third-order valence-corrected chi connectivity index (χ3v) is 2.85. The minimum absolute atomic E-state index is 0.0672. The van der Waals surface area contributed by atoms with Crippen molar-refractivity contribution in [2.75, 3.05) is 0 Å². The maximum Gasteiger partial charge on any atom is 0.361 e. The summed E-state index contributed by atoms with van der Waals surface area (Å²) in [5.74, 6) is -1.56. The van der Waals surface area contributed by atoms with Gasteiger partial charge in [0.15, 0.2) is 5.78 Å². The minimum atomic E-state index is -1.34. The van der Waals surface area contributed by atoms with Gasteiger partial charge in [0.05, 0.1) is 0 Å². The minimum Gasteiger partial charge on any atom is -0.476 e. The van der Waals surface area contributed by atoms with E-state index in [-0.39, 0.29) is 6.10 Å². The molecule has 5 heteroatoms. The molecule has 0 saturated heterocycles. The van der Waals surface area contributed by atoms with E-state index in [9.17, 15) is 9.59 Å². The van der Waals surface area contributed by atoms with E-state index < -0.39 is 17.5 Å². The molecule has 5 nitrogen and oxygen atoms in total. The molecule has 16 heavy (non-hydrogen) atoms. The number of ketones is 1. The average Bonchev–Trinajstić information content (AvgIpc) is 2.20. The van der Waals surface area contributed by atoms with Gasteiger partial charge in [0.25, 0.3) is 0 Å². The van der Waals surface area contributed by atoms with E-state index in [1.165, 1.54) is 13.3 Å². The fourth-order valence-electron chi connectivity index (χ4n) is 1.81. The van der Waals surface area contributed by atoms with Gasteiger partial charge in [-0.05, 0) is 25.2 Å². The molecule has 0 aromatic rings. The second kappa shape index (κ2) is 5.63. The second-order valence-corrected chi connectivity index (χ2v) is 4.21. The monoisotopic (exact) mass is 227 g/mol. The quantitative estimate of drug-likeness (QED) is 0.449. The third kappa shape index (κ3) is 3.32. The van der Waals surface area contributed by atoms with Crippen LogP contribution < -0.4 is 0 Å². The number of hydrogen-bond donors (Lipinski definition) is 1. The van der Waals surface area contributed by atoms with Crippen molar-refractivity contribution in [3.05, 3.63) is 0 Å². The Morgan fingerprint density at radius 3 is 2.44 bits per heavy atom. The SMILES string of the molecule is CC(=O)/C(=N/O[C@@H]1CCCC[C@H]1C)C(=O)O. The van der Waals surface area contributed by atoms with Crippen LogP contribution in [0.3, 0.4) is 0 Å². The van der Waals surface area contributed by atoms with E-state index in [1.807, 2.05) is 6.92 Å². The van der Waals surface area contributed by atoms with Crippen molar-refractivity contribution >= 4 is 17.5 Å². The molecule has 0 unspecified atom stereocenters. The molecule has 1 aliphatic carbocycles. The second-order valence-electron chi connectivity index (χ2n) is 4.21. The number of Topliss-reactive ketones (excluding diaryl/α,β-unsaturated/α-hetero) is 1. The maximum atomic E-state index is 10.9. The summed E-state index contributed by atoms with van der Waals surface area (Å²) in [5, 5.41) is 12.2. The normalized spacial score (nSPS) is 26.2. The Hall–Kier alpha value is -1.39. The van der Waals surface area contributed by atoms with Crippen LogP contribution in [-0.2, 0) is 14.4 Å². The van der Waals surface area contributed by atoms with Crippen molar-refractivity contribution in [3.63, 3.8) is 0 Å². The first-order chi connectivity index (χ1) is 7.52. The first-order valence-corrected chi connectivity index (χ1v) is 5.50. The summed E-state index contributed by atoms with van der Waals surface area (Å²) in [5.41, 5.74) is -0.530. The predicted octanol–water partition coefficient (Wildman–Crippen LogP) is 1.61. The first kappa shape index (κ1) is 12.7. The lowest BCUT2D eigenvalue weighted by molar-refractivity contribution is -0.130. The highest BCUT2D eigenvalue weighted by Gasteiger charge is 2.24. The summed E-state index contributed by atoms with van der Waals surface area (Å²) >= 11 is 0. The van der Waals surface area contributed by atoms with E-state index in [0.717, 1.165) is 19.3 Å². The molecule has 1 N–H and O–H groups in total. The Labute approximate surface area is 94.5 Å². The smallest absolute Gasteiger partial charge is 0.361 e. The molecule has 0 aromatic heterocycles. The van der Waals surface area contributed by atoms with Gasteiger partial charge < -0.3 is 9.94 Å². The molecule has 0 heterocycles. The lowest BCUT2D eigenvalue weighted by Gasteiger charge is -2.26. The molecule has 0 aromatic carbocycles. The van der Waals surface area contributed by atoms with Gasteiger partial charge in [-0.2, -0.15) is 0 Å². The molecule has 1 aliphatic rings. The standard InChI is InChI=1S/C11H17NO4/c1-7-5-3-4-6-9(7)16-12-10(8(2)13)11(14)15/h7,9H,3-6H2,1-2H3,(H,14,15)/b12-10-/t7-,9-/m1/s1. The third-order valence-electron chi connectivity index (χ3n) is 2.85. The molecule has 90 valence electrons. The fraction of sp³-hybridized carbons (Fsp3) is 0.727. The molecule has 0 aliphatic heterocycles. The molecule has 1 fully saturated rings. The largest absolute Gasteiger partial charge is 0.476 e. The van der Waals surface area contributed by atoms with E-state index >= 15 is 0 Å².